The van der Waals surface area contributed by atoms with Gasteiger partial charge in [0.25, 0.3) is 0 Å². The van der Waals surface area contributed by atoms with E-state index in [2.05, 4.69) is 116 Å². The molecule has 3 heteroatoms. The molecule has 0 bridgehead atoms. The molecule has 34 heavy (non-hydrogen) atoms. The third-order valence-electron chi connectivity index (χ3n) is 7.82. The second kappa shape index (κ2) is 13.0. The first-order chi connectivity index (χ1) is 15.8. The van der Waals surface area contributed by atoms with Crippen LogP contribution in [0, 0.1) is 0 Å². The maximum absolute atomic E-state index is 6.18. The first-order valence-electron chi connectivity index (χ1n) is 13.1. The van der Waals surface area contributed by atoms with Crippen LogP contribution in [0.3, 0.4) is 0 Å². The van der Waals surface area contributed by atoms with Crippen molar-refractivity contribution in [2.24, 2.45) is 0 Å². The molecule has 192 valence electrons. The van der Waals surface area contributed by atoms with Crippen LogP contribution in [0.15, 0.2) is 42.5 Å². The molecule has 0 fully saturated rings. The van der Waals surface area contributed by atoms with Crippen LogP contribution >= 0.6 is 9.47 Å². The van der Waals surface area contributed by atoms with E-state index in [-0.39, 0.29) is 22.3 Å². The molecule has 2 aromatic rings. The Balaban J connectivity index is 0.000000380. The lowest BCUT2D eigenvalue weighted by Gasteiger charge is -2.31. The van der Waals surface area contributed by atoms with E-state index in [1.807, 2.05) is 12.1 Å². The summed E-state index contributed by atoms with van der Waals surface area (Å²) < 4.78 is 11.2. The summed E-state index contributed by atoms with van der Waals surface area (Å²) in [6.07, 6.45) is 4.70. The Kier molecular flexibility index (Phi) is 11.6. The molecule has 0 aliphatic carbocycles. The summed E-state index contributed by atoms with van der Waals surface area (Å²) in [6, 6.07) is 15.1. The van der Waals surface area contributed by atoms with E-state index < -0.39 is 0 Å². The Bertz CT molecular complexity index is 866. The predicted molar refractivity (Wildman–Crippen MR) is 154 cm³/mol. The molecule has 2 atom stereocenters. The van der Waals surface area contributed by atoms with Gasteiger partial charge >= 0.3 is 0 Å². The summed E-state index contributed by atoms with van der Waals surface area (Å²) in [4.78, 5) is 0. The first kappa shape index (κ1) is 30.5. The molecule has 0 saturated carbocycles. The number of hydrogen-bond acceptors (Lipinski definition) is 2. The van der Waals surface area contributed by atoms with E-state index in [9.17, 15) is 0 Å². The van der Waals surface area contributed by atoms with Gasteiger partial charge in [-0.2, -0.15) is 0 Å². The average molecular weight is 487 g/mol. The van der Waals surface area contributed by atoms with Crippen molar-refractivity contribution >= 4 is 9.47 Å². The van der Waals surface area contributed by atoms with Crippen molar-refractivity contribution in [3.63, 3.8) is 0 Å². The van der Waals surface area contributed by atoms with Crippen LogP contribution in [0.2, 0.25) is 0 Å². The largest absolute Gasteiger partial charge is 0.490 e. The summed E-state index contributed by atoms with van der Waals surface area (Å²) >= 11 is 0. The monoisotopic (exact) mass is 486 g/mol. The van der Waals surface area contributed by atoms with Crippen molar-refractivity contribution in [2.45, 2.75) is 124 Å². The second-order valence-electron chi connectivity index (χ2n) is 11.4. The highest BCUT2D eigenvalue weighted by atomic mass is 31.0. The summed E-state index contributed by atoms with van der Waals surface area (Å²) in [7, 11) is 2.25. The summed E-state index contributed by atoms with van der Waals surface area (Å²) in [5.74, 6) is 1.95. The maximum Gasteiger partial charge on any atom is 0.123 e. The van der Waals surface area contributed by atoms with Crippen molar-refractivity contribution in [1.82, 2.24) is 0 Å². The Morgan fingerprint density at radius 2 is 1.18 bits per heavy atom. The molecular formula is C31H51O2P. The van der Waals surface area contributed by atoms with Gasteiger partial charge in [0.1, 0.15) is 11.5 Å². The molecule has 0 N–H and O–H groups in total. The minimum atomic E-state index is 0.141. The fraction of sp³-hybridized carbons (Fsp3) is 0.613. The third-order valence-corrected chi connectivity index (χ3v) is 8.09. The van der Waals surface area contributed by atoms with Crippen LogP contribution in [0.1, 0.15) is 119 Å². The smallest absolute Gasteiger partial charge is 0.123 e. The van der Waals surface area contributed by atoms with Crippen LogP contribution in [-0.4, -0.2) is 6.10 Å². The van der Waals surface area contributed by atoms with Gasteiger partial charge in [0, 0.05) is 5.56 Å². The molecular weight excluding hydrogens is 435 g/mol. The van der Waals surface area contributed by atoms with Gasteiger partial charge in [-0.05, 0) is 78.2 Å². The summed E-state index contributed by atoms with van der Waals surface area (Å²) in [5.41, 5.74) is 4.75. The van der Waals surface area contributed by atoms with Crippen LogP contribution in [0.4, 0.5) is 0 Å². The van der Waals surface area contributed by atoms with Crippen molar-refractivity contribution in [2.75, 3.05) is 0 Å². The zero-order valence-corrected chi connectivity index (χ0v) is 25.0. The van der Waals surface area contributed by atoms with Crippen molar-refractivity contribution in [3.8, 4) is 11.5 Å². The molecule has 0 saturated heterocycles. The molecule has 2 aromatic carbocycles. The van der Waals surface area contributed by atoms with Crippen LogP contribution in [-0.2, 0) is 16.2 Å². The highest BCUT2D eigenvalue weighted by Gasteiger charge is 2.27. The topological polar surface area (TPSA) is 18.5 Å². The minimum Gasteiger partial charge on any atom is -0.490 e. The quantitative estimate of drug-likeness (QED) is 0.311. The number of ether oxygens (including phenoxy) is 1. The predicted octanol–water partition coefficient (Wildman–Crippen LogP) is 9.78. The fourth-order valence-electron chi connectivity index (χ4n) is 3.47. The van der Waals surface area contributed by atoms with E-state index in [1.54, 1.807) is 0 Å². The van der Waals surface area contributed by atoms with E-state index in [0.717, 1.165) is 37.2 Å². The highest BCUT2D eigenvalue weighted by molar-refractivity contribution is 7.10. The standard InChI is InChI=1S/C20H34O.C11H17OP/c1-9-15(4)21-18-13-12-16(19(5,6)10-2)14-17(18)20(7,8)11-3;1-4-11(2,3)9-5-7-10(12-13)8-6-9/h12-15H,9-11H2,1-8H3;5-8H,4,13H2,1-3H3. The van der Waals surface area contributed by atoms with Gasteiger partial charge in [-0.1, -0.05) is 93.5 Å². The van der Waals surface area contributed by atoms with Gasteiger partial charge in [-0.25, -0.2) is 0 Å². The summed E-state index contributed by atoms with van der Waals surface area (Å²) in [5, 5.41) is 0. The summed E-state index contributed by atoms with van der Waals surface area (Å²) in [6.45, 7) is 24.8. The van der Waals surface area contributed by atoms with E-state index in [1.165, 1.54) is 16.7 Å². The zero-order chi connectivity index (χ0) is 26.2. The normalized spacial score (nSPS) is 13.1. The number of hydrogen-bond donors (Lipinski definition) is 0. The Labute approximate surface area is 213 Å². The van der Waals surface area contributed by atoms with Gasteiger partial charge < -0.3 is 9.26 Å². The van der Waals surface area contributed by atoms with E-state index >= 15 is 0 Å². The minimum absolute atomic E-state index is 0.141. The lowest BCUT2D eigenvalue weighted by atomic mass is 9.76. The molecule has 0 amide bonds. The SMILES string of the molecule is CCC(C)(C)c1ccc(OP)cc1.CCC(C)Oc1ccc(C(C)(C)CC)cc1C(C)(C)CC. The highest BCUT2D eigenvalue weighted by Crippen LogP contribution is 2.39. The molecule has 0 spiro atoms. The Hall–Kier alpha value is -1.53. The van der Waals surface area contributed by atoms with E-state index in [0.29, 0.717) is 0 Å². The number of rotatable bonds is 10. The van der Waals surface area contributed by atoms with Crippen molar-refractivity contribution < 1.29 is 9.26 Å². The van der Waals surface area contributed by atoms with Gasteiger partial charge in [-0.15, -0.1) is 0 Å². The second-order valence-corrected chi connectivity index (χ2v) is 11.6. The molecule has 0 aliphatic rings. The molecule has 2 rings (SSSR count). The van der Waals surface area contributed by atoms with Crippen LogP contribution < -0.4 is 9.26 Å². The molecule has 0 aromatic heterocycles. The van der Waals surface area contributed by atoms with Gasteiger partial charge in [0.2, 0.25) is 0 Å². The molecule has 0 aliphatic heterocycles. The number of benzene rings is 2. The van der Waals surface area contributed by atoms with Gasteiger partial charge in [0.15, 0.2) is 0 Å². The average Bonchev–Trinajstić information content (AvgIpc) is 2.84. The zero-order valence-electron chi connectivity index (χ0n) is 23.8. The maximum atomic E-state index is 6.18. The lowest BCUT2D eigenvalue weighted by Crippen LogP contribution is -2.22. The molecule has 2 unspecified atom stereocenters. The Morgan fingerprint density at radius 3 is 1.62 bits per heavy atom. The van der Waals surface area contributed by atoms with Crippen molar-refractivity contribution in [3.05, 3.63) is 59.2 Å². The molecule has 0 heterocycles. The van der Waals surface area contributed by atoms with Crippen LogP contribution in [0.25, 0.3) is 0 Å². The fourth-order valence-corrected chi connectivity index (χ4v) is 3.62. The molecule has 0 radical (unpaired) electrons. The Morgan fingerprint density at radius 1 is 0.706 bits per heavy atom. The van der Waals surface area contributed by atoms with Gasteiger partial charge in [-0.3, -0.25) is 0 Å². The first-order valence-corrected chi connectivity index (χ1v) is 13.5. The van der Waals surface area contributed by atoms with E-state index in [4.69, 9.17) is 9.26 Å². The molecule has 2 nitrogen and oxygen atoms in total. The third kappa shape index (κ3) is 8.30. The lowest BCUT2D eigenvalue weighted by molar-refractivity contribution is 0.211. The van der Waals surface area contributed by atoms with Crippen LogP contribution in [0.5, 0.6) is 11.5 Å². The van der Waals surface area contributed by atoms with Crippen molar-refractivity contribution in [1.29, 1.82) is 0 Å². The van der Waals surface area contributed by atoms with Gasteiger partial charge in [0.05, 0.1) is 15.6 Å².